The highest BCUT2D eigenvalue weighted by Gasteiger charge is 2.57. The molecule has 18 atom stereocenters. The van der Waals surface area contributed by atoms with E-state index in [0.29, 0.717) is 25.7 Å². The third-order valence-corrected chi connectivity index (χ3v) is 11.9. The molecule has 0 aromatic heterocycles. The molecule has 0 aromatic carbocycles. The zero-order valence-electron chi connectivity index (χ0n) is 31.3. The third kappa shape index (κ3) is 8.08. The summed E-state index contributed by atoms with van der Waals surface area (Å²) < 4.78 is 45.0. The lowest BCUT2D eigenvalue weighted by Gasteiger charge is -2.47. The number of carbonyl (C=O) groups is 1. The number of nitrogens with one attached hydrogen (secondary N) is 1. The first-order valence-electron chi connectivity index (χ1n) is 18.1. The Morgan fingerprint density at radius 3 is 2.21 bits per heavy atom. The second-order valence-electron chi connectivity index (χ2n) is 16.1. The van der Waals surface area contributed by atoms with Gasteiger partial charge in [0.05, 0.1) is 53.7 Å². The molecule has 4 N–H and O–H groups in total. The fourth-order valence-electron chi connectivity index (χ4n) is 9.05. The molecule has 4 aliphatic rings. The van der Waals surface area contributed by atoms with Gasteiger partial charge in [-0.05, 0) is 73.8 Å². The SMILES string of the molecule is CC[C@H]1OC(=O)[C@H](C)[C@@H](O[C@H]2C[C@@](C)(OC)C[C@H](C)O2)[C@H](C)[C@@H](O[C@@H]2O[C@H](C)C[C@H](NC)[C@H]2O)[C@@]2(C)C[C@H](C)[C@@H](O2)[C@H](C)[C@@H](O)[C@]1(C)O. The normalized spacial score (nSPS) is 52.6. The quantitative estimate of drug-likeness (QED) is 0.291. The molecule has 280 valence electrons. The average Bonchev–Trinajstić information content (AvgIpc) is 3.34. The minimum Gasteiger partial charge on any atom is -0.459 e. The van der Waals surface area contributed by atoms with Crippen molar-refractivity contribution in [1.82, 2.24) is 5.32 Å². The summed E-state index contributed by atoms with van der Waals surface area (Å²) in [7, 11) is 3.48. The number of cyclic esters (lactones) is 1. The van der Waals surface area contributed by atoms with Gasteiger partial charge in [0.15, 0.2) is 12.6 Å². The van der Waals surface area contributed by atoms with Gasteiger partial charge in [-0.1, -0.05) is 27.7 Å². The maximum absolute atomic E-state index is 14.1. The fourth-order valence-corrected chi connectivity index (χ4v) is 9.05. The molecule has 0 radical (unpaired) electrons. The van der Waals surface area contributed by atoms with E-state index in [2.05, 4.69) is 12.2 Å². The number of aliphatic hydroxyl groups excluding tert-OH is 2. The van der Waals surface area contributed by atoms with Crippen LogP contribution < -0.4 is 5.32 Å². The number of likely N-dealkylation sites (N-methyl/N-ethyl adjacent to an activating group) is 1. The monoisotopic (exact) mass is 687 g/mol. The van der Waals surface area contributed by atoms with Crippen LogP contribution in [-0.2, 0) is 38.0 Å². The summed E-state index contributed by atoms with van der Waals surface area (Å²) in [5.74, 6) is -2.47. The lowest BCUT2D eigenvalue weighted by atomic mass is 9.76. The van der Waals surface area contributed by atoms with Crippen LogP contribution in [0.4, 0.5) is 0 Å². The van der Waals surface area contributed by atoms with E-state index in [9.17, 15) is 20.1 Å². The molecule has 48 heavy (non-hydrogen) atoms. The highest BCUT2D eigenvalue weighted by molar-refractivity contribution is 5.73. The van der Waals surface area contributed by atoms with Crippen molar-refractivity contribution < 1.29 is 53.3 Å². The average molecular weight is 688 g/mol. The van der Waals surface area contributed by atoms with E-state index in [1.165, 1.54) is 6.92 Å². The predicted molar refractivity (Wildman–Crippen MR) is 178 cm³/mol. The van der Waals surface area contributed by atoms with Gasteiger partial charge in [-0.2, -0.15) is 0 Å². The van der Waals surface area contributed by atoms with Gasteiger partial charge < -0.3 is 53.8 Å². The van der Waals surface area contributed by atoms with Crippen LogP contribution in [0.15, 0.2) is 0 Å². The van der Waals surface area contributed by atoms with Gasteiger partial charge in [-0.3, -0.25) is 4.79 Å². The van der Waals surface area contributed by atoms with E-state index in [-0.39, 0.29) is 30.6 Å². The number of methoxy groups -OCH3 is 1. The molecule has 4 aliphatic heterocycles. The number of aliphatic hydroxyl groups is 3. The largest absolute Gasteiger partial charge is 0.459 e. The first kappa shape index (κ1) is 39.8. The molecule has 0 aliphatic carbocycles. The standard InChI is InChI=1S/C36H65NO11/c1-13-25-36(10,41)30(39)21(5)28-18(2)15-35(9,48-28)31(47-33-27(38)24(37-11)14-19(3)44-33)22(6)29(23(7)32(40)45-25)46-26-17-34(8,42-12)16-20(4)43-26/h18-31,33,37-39,41H,13-17H2,1-12H3/t18-,19+,20-,21-,22-,23+,24-,25+,26-,27+,28+,29-,30+,31+,33-,34-,35+,36+/m0/s1. The third-order valence-electron chi connectivity index (χ3n) is 11.9. The van der Waals surface area contributed by atoms with Crippen molar-refractivity contribution >= 4 is 5.97 Å². The molecule has 4 rings (SSSR count). The van der Waals surface area contributed by atoms with Crippen molar-refractivity contribution in [2.75, 3.05) is 14.2 Å². The second-order valence-corrected chi connectivity index (χ2v) is 16.1. The van der Waals surface area contributed by atoms with Crippen LogP contribution in [-0.4, -0.2) is 120 Å². The van der Waals surface area contributed by atoms with Gasteiger partial charge in [0.1, 0.15) is 17.8 Å². The van der Waals surface area contributed by atoms with Crippen molar-refractivity contribution in [3.05, 3.63) is 0 Å². The molecule has 4 heterocycles. The van der Waals surface area contributed by atoms with Gasteiger partial charge in [-0.25, -0.2) is 0 Å². The first-order valence-corrected chi connectivity index (χ1v) is 18.1. The summed E-state index contributed by atoms with van der Waals surface area (Å²) in [4.78, 5) is 14.1. The van der Waals surface area contributed by atoms with Crippen molar-refractivity contribution in [2.45, 2.75) is 186 Å². The number of hydrogen-bond acceptors (Lipinski definition) is 12. The molecule has 12 heteroatoms. The number of hydrogen-bond donors (Lipinski definition) is 4. The summed E-state index contributed by atoms with van der Waals surface area (Å²) in [5.41, 5.74) is -3.19. The molecule has 0 unspecified atom stereocenters. The number of esters is 1. The predicted octanol–water partition coefficient (Wildman–Crippen LogP) is 3.31. The molecule has 0 spiro atoms. The Hall–Kier alpha value is -0.930. The van der Waals surface area contributed by atoms with Crippen molar-refractivity contribution in [3.63, 3.8) is 0 Å². The van der Waals surface area contributed by atoms with Crippen LogP contribution >= 0.6 is 0 Å². The van der Waals surface area contributed by atoms with E-state index in [1.54, 1.807) is 21.1 Å². The summed E-state index contributed by atoms with van der Waals surface area (Å²) in [6.45, 7) is 18.9. The fraction of sp³-hybridized carbons (Fsp3) is 0.972. The molecule has 4 fully saturated rings. The van der Waals surface area contributed by atoms with E-state index in [0.717, 1.165) is 0 Å². The van der Waals surface area contributed by atoms with Crippen LogP contribution in [0.3, 0.4) is 0 Å². The Labute approximate surface area is 287 Å². The molecular weight excluding hydrogens is 622 g/mol. The van der Waals surface area contributed by atoms with E-state index in [4.69, 9.17) is 33.2 Å². The Morgan fingerprint density at radius 2 is 1.60 bits per heavy atom. The van der Waals surface area contributed by atoms with Gasteiger partial charge in [0.25, 0.3) is 0 Å². The summed E-state index contributed by atoms with van der Waals surface area (Å²) in [6, 6.07) is -0.249. The highest BCUT2D eigenvalue weighted by atomic mass is 16.7. The van der Waals surface area contributed by atoms with Gasteiger partial charge in [0, 0.05) is 37.8 Å². The molecule has 2 bridgehead atoms. The van der Waals surface area contributed by atoms with E-state index >= 15 is 0 Å². The Bertz CT molecular complexity index is 1080. The van der Waals surface area contributed by atoms with Crippen molar-refractivity contribution in [2.24, 2.45) is 23.7 Å². The van der Waals surface area contributed by atoms with Crippen molar-refractivity contribution in [1.29, 1.82) is 0 Å². The Morgan fingerprint density at radius 1 is 0.938 bits per heavy atom. The maximum Gasteiger partial charge on any atom is 0.311 e. The molecule has 0 amide bonds. The minimum atomic E-state index is -1.75. The van der Waals surface area contributed by atoms with E-state index < -0.39 is 89.7 Å². The van der Waals surface area contributed by atoms with Crippen LogP contribution in [0.2, 0.25) is 0 Å². The maximum atomic E-state index is 14.1. The zero-order chi connectivity index (χ0) is 35.9. The zero-order valence-corrected chi connectivity index (χ0v) is 31.3. The minimum absolute atomic E-state index is 0.0257. The smallest absolute Gasteiger partial charge is 0.311 e. The van der Waals surface area contributed by atoms with Gasteiger partial charge in [-0.15, -0.1) is 0 Å². The summed E-state index contributed by atoms with van der Waals surface area (Å²) in [5, 5.41) is 38.0. The Kier molecular flexibility index (Phi) is 12.7. The second kappa shape index (κ2) is 15.4. The molecule has 0 aromatic rings. The molecule has 0 saturated carbocycles. The Balaban J connectivity index is 1.82. The van der Waals surface area contributed by atoms with Crippen LogP contribution in [0, 0.1) is 23.7 Å². The van der Waals surface area contributed by atoms with Crippen LogP contribution in [0.25, 0.3) is 0 Å². The van der Waals surface area contributed by atoms with Gasteiger partial charge >= 0.3 is 5.97 Å². The molecule has 4 saturated heterocycles. The van der Waals surface area contributed by atoms with Gasteiger partial charge in [0.2, 0.25) is 0 Å². The summed E-state index contributed by atoms with van der Waals surface area (Å²) in [6.07, 6.45) is -4.62. The number of rotatable bonds is 7. The van der Waals surface area contributed by atoms with Crippen LogP contribution in [0.1, 0.15) is 101 Å². The number of carbonyl (C=O) groups excluding carboxylic acids is 1. The number of fused-ring (bicyclic) bond motifs is 2. The first-order chi connectivity index (χ1) is 22.3. The molecule has 12 nitrogen and oxygen atoms in total. The lowest BCUT2D eigenvalue weighted by molar-refractivity contribution is -0.308. The van der Waals surface area contributed by atoms with Crippen molar-refractivity contribution in [3.8, 4) is 0 Å². The summed E-state index contributed by atoms with van der Waals surface area (Å²) >= 11 is 0. The highest BCUT2D eigenvalue weighted by Crippen LogP contribution is 2.47. The molecular formula is C36H65NO11. The van der Waals surface area contributed by atoms with Crippen LogP contribution in [0.5, 0.6) is 0 Å². The van der Waals surface area contributed by atoms with E-state index in [1.807, 2.05) is 48.5 Å². The lowest BCUT2D eigenvalue weighted by Crippen LogP contribution is -2.59. The number of ether oxygens (including phenoxy) is 7. The topological polar surface area (TPSA) is 154 Å².